The van der Waals surface area contributed by atoms with Gasteiger partial charge in [-0.2, -0.15) is 74.6 Å². The molecule has 0 bridgehead atoms. The highest BCUT2D eigenvalue weighted by atomic mass is 127. The van der Waals surface area contributed by atoms with Gasteiger partial charge in [-0.1, -0.05) is 30.3 Å². The van der Waals surface area contributed by atoms with Crippen LogP contribution in [0.3, 0.4) is 0 Å². The molecule has 0 amide bonds. The van der Waals surface area contributed by atoms with E-state index in [9.17, 15) is 74.6 Å². The molecule has 0 saturated carbocycles. The Labute approximate surface area is 190 Å². The van der Waals surface area contributed by atoms with E-state index in [1.807, 2.05) is 0 Å². The maximum Gasteiger partial charge on any atom is 0.460 e. The van der Waals surface area contributed by atoms with Crippen LogP contribution in [0.15, 0.2) is 36.4 Å². The smallest absolute Gasteiger partial charge is 0.195 e. The topological polar surface area (TPSA) is 0 Å². The van der Waals surface area contributed by atoms with Gasteiger partial charge < -0.3 is 0 Å². The molecule has 1 rings (SSSR count). The van der Waals surface area contributed by atoms with Crippen LogP contribution >= 0.6 is 22.6 Å². The molecule has 0 aliphatic carbocycles. The van der Waals surface area contributed by atoms with E-state index in [2.05, 4.69) is 0 Å². The minimum Gasteiger partial charge on any atom is -0.195 e. The van der Waals surface area contributed by atoms with Crippen molar-refractivity contribution in [2.75, 3.05) is 0 Å². The van der Waals surface area contributed by atoms with Crippen LogP contribution in [0.5, 0.6) is 0 Å². The molecule has 34 heavy (non-hydrogen) atoms. The predicted octanol–water partition coefficient (Wildman–Crippen LogP) is 8.47. The lowest BCUT2D eigenvalue weighted by atomic mass is 9.89. The Morgan fingerprint density at radius 3 is 1.18 bits per heavy atom. The van der Waals surface area contributed by atoms with Gasteiger partial charge in [-0.25, -0.2) is 0 Å². The molecule has 0 unspecified atom stereocenters. The van der Waals surface area contributed by atoms with Crippen molar-refractivity contribution >= 4 is 26.2 Å². The van der Waals surface area contributed by atoms with Gasteiger partial charge in [-0.3, -0.25) is 0 Å². The summed E-state index contributed by atoms with van der Waals surface area (Å²) in [7, 11) is 0. The molecule has 0 N–H and O–H groups in total. The summed E-state index contributed by atoms with van der Waals surface area (Å²) in [5.41, 5.74) is -0.435. The van der Waals surface area contributed by atoms with Gasteiger partial charge >= 0.3 is 47.6 Å². The van der Waals surface area contributed by atoms with Crippen molar-refractivity contribution in [1.29, 1.82) is 0 Å². The molecular formula is C16H6F17I. The number of hydrogen-bond acceptors (Lipinski definition) is 0. The van der Waals surface area contributed by atoms with Gasteiger partial charge in [0, 0.05) is 9.66 Å². The predicted molar refractivity (Wildman–Crippen MR) is 89.1 cm³/mol. The molecule has 0 aliphatic heterocycles. The van der Waals surface area contributed by atoms with E-state index >= 15 is 0 Å². The van der Waals surface area contributed by atoms with Crippen LogP contribution in [0.2, 0.25) is 0 Å². The van der Waals surface area contributed by atoms with Gasteiger partial charge in [-0.05, 0) is 28.2 Å². The van der Waals surface area contributed by atoms with E-state index in [4.69, 9.17) is 0 Å². The monoisotopic (exact) mass is 648 g/mol. The molecule has 18 heteroatoms. The van der Waals surface area contributed by atoms with Crippen molar-refractivity contribution < 1.29 is 74.6 Å². The van der Waals surface area contributed by atoms with Crippen LogP contribution in [0.4, 0.5) is 74.6 Å². The van der Waals surface area contributed by atoms with E-state index < -0.39 is 62.9 Å². The summed E-state index contributed by atoms with van der Waals surface area (Å²) >= 11 is 0.793. The number of rotatable bonds is 8. The van der Waals surface area contributed by atoms with E-state index in [-0.39, 0.29) is 0 Å². The Morgan fingerprint density at radius 1 is 0.500 bits per heavy atom. The Kier molecular flexibility index (Phi) is 7.69. The first kappa shape index (κ1) is 30.5. The molecule has 196 valence electrons. The molecule has 0 radical (unpaired) electrons. The number of allylic oxidation sites excluding steroid dienone is 1. The summed E-state index contributed by atoms with van der Waals surface area (Å²) < 4.78 is 223. The fraction of sp³-hybridized carbons (Fsp3) is 0.500. The van der Waals surface area contributed by atoms with Gasteiger partial charge in [-0.15, -0.1) is 0 Å². The zero-order valence-corrected chi connectivity index (χ0v) is 17.4. The van der Waals surface area contributed by atoms with E-state index in [1.165, 1.54) is 6.07 Å². The van der Waals surface area contributed by atoms with Gasteiger partial charge in [0.15, 0.2) is 0 Å². The lowest BCUT2D eigenvalue weighted by molar-refractivity contribution is -0.459. The normalized spacial score (nSPS) is 16.1. The molecule has 1 aromatic carbocycles. The highest BCUT2D eigenvalue weighted by molar-refractivity contribution is 14.1. The molecular weight excluding hydrogens is 642 g/mol. The average Bonchev–Trinajstić information content (AvgIpc) is 2.66. The van der Waals surface area contributed by atoms with Crippen molar-refractivity contribution in [1.82, 2.24) is 0 Å². The third-order valence-electron chi connectivity index (χ3n) is 4.10. The molecule has 0 nitrogen and oxygen atoms in total. The number of benzene rings is 1. The molecule has 1 aromatic rings. The third-order valence-corrected chi connectivity index (χ3v) is 5.04. The van der Waals surface area contributed by atoms with Gasteiger partial charge in [0.05, 0.1) is 0 Å². The average molecular weight is 648 g/mol. The molecule has 0 fully saturated rings. The zero-order valence-electron chi connectivity index (χ0n) is 15.3. The summed E-state index contributed by atoms with van der Waals surface area (Å²) in [6, 6.07) is 5.21. The lowest BCUT2D eigenvalue weighted by Crippen LogP contribution is -2.74. The van der Waals surface area contributed by atoms with E-state index in [0.29, 0.717) is 0 Å². The minimum absolute atomic E-state index is 0.435. The summed E-state index contributed by atoms with van der Waals surface area (Å²) in [5.74, 6) is -56.4. The fourth-order valence-corrected chi connectivity index (χ4v) is 2.86. The number of hydrogen-bond donors (Lipinski definition) is 0. The van der Waals surface area contributed by atoms with Crippen molar-refractivity contribution in [3.05, 3.63) is 42.0 Å². The van der Waals surface area contributed by atoms with Crippen LogP contribution in [-0.2, 0) is 0 Å². The van der Waals surface area contributed by atoms with Crippen molar-refractivity contribution in [2.24, 2.45) is 0 Å². The van der Waals surface area contributed by atoms with E-state index in [1.54, 1.807) is 0 Å². The van der Waals surface area contributed by atoms with Crippen molar-refractivity contribution in [3.63, 3.8) is 0 Å². The third kappa shape index (κ3) is 4.31. The molecule has 0 aliphatic rings. The Morgan fingerprint density at radius 2 is 0.824 bits per heavy atom. The summed E-state index contributed by atoms with van der Waals surface area (Å²) in [6.07, 6.45) is -8.92. The van der Waals surface area contributed by atoms with Crippen LogP contribution in [0.1, 0.15) is 5.56 Å². The highest BCUT2D eigenvalue weighted by Crippen LogP contribution is 2.64. The highest BCUT2D eigenvalue weighted by Gasteiger charge is 2.95. The SMILES string of the molecule is FC(F)(F)C(F)(F)C(F)(F)C(F)(F)C(F)(F)C(F)(F)C(F)(F)C(F)(F)C=C(I)c1ccccc1. The maximum atomic E-state index is 13.9. The molecule has 0 atom stereocenters. The largest absolute Gasteiger partial charge is 0.460 e. The fourth-order valence-electron chi connectivity index (χ4n) is 2.11. The quantitative estimate of drug-likeness (QED) is 0.196. The first-order chi connectivity index (χ1) is 14.7. The summed E-state index contributed by atoms with van der Waals surface area (Å²) in [5, 5.41) is 0. The standard InChI is InChI=1S/C16H6F17I/c17-9(18,6-8(34)7-4-2-1-3-5-7)10(19,20)11(21,22)12(23,24)13(25,26)14(27,28)15(29,30)16(31,32)33/h1-6H. The Hall–Kier alpha value is -1.50. The summed E-state index contributed by atoms with van der Waals surface area (Å²) in [6.45, 7) is 0. The van der Waals surface area contributed by atoms with Gasteiger partial charge in [0.1, 0.15) is 0 Å². The van der Waals surface area contributed by atoms with Gasteiger partial charge in [0.2, 0.25) is 0 Å². The zero-order chi connectivity index (χ0) is 27.4. The van der Waals surface area contributed by atoms with Crippen LogP contribution < -0.4 is 0 Å². The first-order valence-corrected chi connectivity index (χ1v) is 8.97. The van der Waals surface area contributed by atoms with Crippen LogP contribution in [0.25, 0.3) is 3.58 Å². The maximum absolute atomic E-state index is 13.9. The number of halogens is 18. The second-order valence-corrected chi connectivity index (χ2v) is 7.59. The Bertz CT molecular complexity index is 898. The van der Waals surface area contributed by atoms with Crippen molar-refractivity contribution in [2.45, 2.75) is 47.6 Å². The molecule has 0 spiro atoms. The van der Waals surface area contributed by atoms with Gasteiger partial charge in [0.25, 0.3) is 0 Å². The molecule has 0 aromatic heterocycles. The minimum atomic E-state index is -8.63. The number of alkyl halides is 17. The summed E-state index contributed by atoms with van der Waals surface area (Å²) in [4.78, 5) is 0. The first-order valence-electron chi connectivity index (χ1n) is 7.89. The van der Waals surface area contributed by atoms with Crippen LogP contribution in [-0.4, -0.2) is 47.6 Å². The molecule has 0 heterocycles. The van der Waals surface area contributed by atoms with Crippen molar-refractivity contribution in [3.8, 4) is 0 Å². The Balaban J connectivity index is 3.65. The van der Waals surface area contributed by atoms with Crippen LogP contribution in [0, 0.1) is 0 Å². The second kappa shape index (κ2) is 8.56. The lowest BCUT2D eigenvalue weighted by Gasteiger charge is -2.42. The van der Waals surface area contributed by atoms with E-state index in [0.717, 1.165) is 46.9 Å². The second-order valence-electron chi connectivity index (χ2n) is 6.43. The molecule has 0 saturated heterocycles.